The monoisotopic (exact) mass is 387 g/mol. The molecule has 1 unspecified atom stereocenters. The second-order valence-electron chi connectivity index (χ2n) is 4.32. The van der Waals surface area contributed by atoms with Gasteiger partial charge in [-0.2, -0.15) is 4.31 Å². The number of halogens is 1. The van der Waals surface area contributed by atoms with E-state index >= 15 is 0 Å². The summed E-state index contributed by atoms with van der Waals surface area (Å²) in [6.45, 7) is 2.00. The summed E-state index contributed by atoms with van der Waals surface area (Å²) in [4.78, 5) is 0. The SMILES string of the molecule is CCN(C1CCS(=O)(=O)C1)S(=O)(=O)c1ccc(Br)s1. The smallest absolute Gasteiger partial charge is 0.229 e. The number of thiophene rings is 1. The van der Waals surface area contributed by atoms with Crippen LogP contribution in [0.4, 0.5) is 0 Å². The first-order valence-electron chi connectivity index (χ1n) is 5.74. The van der Waals surface area contributed by atoms with E-state index in [9.17, 15) is 16.8 Å². The van der Waals surface area contributed by atoms with Gasteiger partial charge in [-0.25, -0.2) is 16.8 Å². The number of sulfone groups is 1. The zero-order valence-corrected chi connectivity index (χ0v) is 14.3. The first kappa shape index (κ1) is 15.4. The number of sulfonamides is 1. The summed E-state index contributed by atoms with van der Waals surface area (Å²) in [5, 5.41) is 0. The maximum absolute atomic E-state index is 12.5. The fourth-order valence-corrected chi connectivity index (χ4v) is 7.81. The molecule has 2 rings (SSSR count). The van der Waals surface area contributed by atoms with Gasteiger partial charge < -0.3 is 0 Å². The Kier molecular flexibility index (Phi) is 4.41. The van der Waals surface area contributed by atoms with E-state index in [4.69, 9.17) is 0 Å². The molecule has 1 aromatic heterocycles. The Labute approximate surface area is 125 Å². The van der Waals surface area contributed by atoms with Gasteiger partial charge in [-0.1, -0.05) is 6.92 Å². The number of hydrogen-bond acceptors (Lipinski definition) is 5. The third-order valence-corrected chi connectivity index (χ3v) is 8.91. The zero-order chi connectivity index (χ0) is 14.3. The molecular weight excluding hydrogens is 374 g/mol. The minimum atomic E-state index is -3.61. The number of hydrogen-bond donors (Lipinski definition) is 0. The van der Waals surface area contributed by atoms with Gasteiger partial charge >= 0.3 is 0 Å². The first-order valence-corrected chi connectivity index (χ1v) is 10.6. The van der Waals surface area contributed by atoms with Gasteiger partial charge in [0.05, 0.1) is 15.3 Å². The van der Waals surface area contributed by atoms with Crippen LogP contribution in [0.15, 0.2) is 20.1 Å². The predicted molar refractivity (Wildman–Crippen MR) is 78.6 cm³/mol. The van der Waals surface area contributed by atoms with Gasteiger partial charge in [-0.05, 0) is 34.5 Å². The highest BCUT2D eigenvalue weighted by molar-refractivity contribution is 9.11. The van der Waals surface area contributed by atoms with Crippen molar-refractivity contribution in [3.8, 4) is 0 Å². The summed E-state index contributed by atoms with van der Waals surface area (Å²) in [5.41, 5.74) is 0. The quantitative estimate of drug-likeness (QED) is 0.787. The van der Waals surface area contributed by atoms with Crippen LogP contribution in [0.2, 0.25) is 0 Å². The molecule has 1 atom stereocenters. The highest BCUT2D eigenvalue weighted by Crippen LogP contribution is 2.31. The largest absolute Gasteiger partial charge is 0.252 e. The van der Waals surface area contributed by atoms with Crippen molar-refractivity contribution in [3.05, 3.63) is 15.9 Å². The first-order chi connectivity index (χ1) is 8.76. The van der Waals surface area contributed by atoms with Crippen LogP contribution in [0.1, 0.15) is 13.3 Å². The average molecular weight is 388 g/mol. The third kappa shape index (κ3) is 3.21. The van der Waals surface area contributed by atoms with Crippen molar-refractivity contribution < 1.29 is 16.8 Å². The zero-order valence-electron chi connectivity index (χ0n) is 10.2. The summed E-state index contributed by atoms with van der Waals surface area (Å²) in [6.07, 6.45) is 0.377. The van der Waals surface area contributed by atoms with Crippen LogP contribution in [0.25, 0.3) is 0 Å². The van der Waals surface area contributed by atoms with Crippen molar-refractivity contribution >= 4 is 47.1 Å². The van der Waals surface area contributed by atoms with Gasteiger partial charge in [0.1, 0.15) is 4.21 Å². The maximum atomic E-state index is 12.5. The summed E-state index contributed by atoms with van der Waals surface area (Å²) < 4.78 is 50.3. The molecule has 2 heterocycles. The fraction of sp³-hybridized carbons (Fsp3) is 0.600. The summed E-state index contributed by atoms with van der Waals surface area (Å²) in [5.74, 6) is -0.00949. The van der Waals surface area contributed by atoms with Crippen LogP contribution in [-0.2, 0) is 19.9 Å². The van der Waals surface area contributed by atoms with Crippen molar-refractivity contribution in [3.63, 3.8) is 0 Å². The van der Waals surface area contributed by atoms with Gasteiger partial charge in [-0.3, -0.25) is 0 Å². The molecule has 0 aliphatic carbocycles. The van der Waals surface area contributed by atoms with E-state index in [0.29, 0.717) is 6.42 Å². The molecule has 0 N–H and O–H groups in total. The maximum Gasteiger partial charge on any atom is 0.252 e. The predicted octanol–water partition coefficient (Wildman–Crippen LogP) is 1.71. The van der Waals surface area contributed by atoms with Crippen molar-refractivity contribution in [2.24, 2.45) is 0 Å². The minimum absolute atomic E-state index is 0.0673. The summed E-state index contributed by atoms with van der Waals surface area (Å²) in [6, 6.07) is 2.77. The molecule has 0 amide bonds. The Hall–Kier alpha value is 0.0400. The van der Waals surface area contributed by atoms with E-state index in [-0.39, 0.29) is 22.3 Å². The Bertz CT molecular complexity index is 665. The molecule has 1 aromatic rings. The minimum Gasteiger partial charge on any atom is -0.229 e. The summed E-state index contributed by atoms with van der Waals surface area (Å²) in [7, 11) is -6.71. The topological polar surface area (TPSA) is 71.5 Å². The normalized spacial score (nSPS) is 23.0. The Balaban J connectivity index is 2.32. The molecule has 108 valence electrons. The van der Waals surface area contributed by atoms with Crippen LogP contribution in [-0.4, -0.2) is 45.2 Å². The lowest BCUT2D eigenvalue weighted by Gasteiger charge is -2.25. The fourth-order valence-electron chi connectivity index (χ4n) is 2.18. The lowest BCUT2D eigenvalue weighted by Crippen LogP contribution is -2.40. The Morgan fingerprint density at radius 1 is 1.47 bits per heavy atom. The molecule has 0 saturated carbocycles. The van der Waals surface area contributed by atoms with Gasteiger partial charge in [0.15, 0.2) is 9.84 Å². The second-order valence-corrected chi connectivity index (χ2v) is 11.1. The van der Waals surface area contributed by atoms with E-state index < -0.39 is 25.9 Å². The Morgan fingerprint density at radius 3 is 2.58 bits per heavy atom. The lowest BCUT2D eigenvalue weighted by atomic mass is 10.3. The molecule has 19 heavy (non-hydrogen) atoms. The van der Waals surface area contributed by atoms with Gasteiger partial charge in [0.2, 0.25) is 0 Å². The second kappa shape index (κ2) is 5.44. The van der Waals surface area contributed by atoms with Gasteiger partial charge in [0.25, 0.3) is 10.0 Å². The highest BCUT2D eigenvalue weighted by atomic mass is 79.9. The third-order valence-electron chi connectivity index (χ3n) is 3.04. The van der Waals surface area contributed by atoms with Crippen LogP contribution in [0, 0.1) is 0 Å². The highest BCUT2D eigenvalue weighted by Gasteiger charge is 2.38. The molecule has 1 fully saturated rings. The Morgan fingerprint density at radius 2 is 2.16 bits per heavy atom. The van der Waals surface area contributed by atoms with Crippen molar-refractivity contribution in [2.75, 3.05) is 18.1 Å². The van der Waals surface area contributed by atoms with E-state index in [1.165, 1.54) is 10.4 Å². The molecule has 1 aliphatic rings. The molecule has 5 nitrogen and oxygen atoms in total. The van der Waals surface area contributed by atoms with Crippen LogP contribution < -0.4 is 0 Å². The number of rotatable bonds is 4. The lowest BCUT2D eigenvalue weighted by molar-refractivity contribution is 0.355. The molecule has 0 radical (unpaired) electrons. The van der Waals surface area contributed by atoms with Gasteiger partial charge in [0, 0.05) is 12.6 Å². The molecule has 0 aromatic carbocycles. The summed E-state index contributed by atoms with van der Waals surface area (Å²) >= 11 is 4.37. The average Bonchev–Trinajstić information content (AvgIpc) is 2.86. The van der Waals surface area contributed by atoms with Crippen LogP contribution >= 0.6 is 27.3 Å². The van der Waals surface area contributed by atoms with Crippen LogP contribution in [0.3, 0.4) is 0 Å². The molecule has 0 spiro atoms. The molecule has 1 saturated heterocycles. The van der Waals surface area contributed by atoms with Crippen molar-refractivity contribution in [1.82, 2.24) is 4.31 Å². The van der Waals surface area contributed by atoms with Gasteiger partial charge in [-0.15, -0.1) is 11.3 Å². The standard InChI is InChI=1S/C10H14BrNO4S3/c1-2-12(8-5-6-18(13,14)7-8)19(15,16)10-4-3-9(11)17-10/h3-4,8H,2,5-7H2,1H3. The molecule has 0 bridgehead atoms. The number of nitrogens with zero attached hydrogens (tertiary/aromatic N) is 1. The van der Waals surface area contributed by atoms with E-state index in [2.05, 4.69) is 15.9 Å². The van der Waals surface area contributed by atoms with Crippen LogP contribution in [0.5, 0.6) is 0 Å². The molecule has 1 aliphatic heterocycles. The molecule has 9 heteroatoms. The molecular formula is C10H14BrNO4S3. The van der Waals surface area contributed by atoms with Crippen molar-refractivity contribution in [1.29, 1.82) is 0 Å². The van der Waals surface area contributed by atoms with E-state index in [0.717, 1.165) is 15.1 Å². The van der Waals surface area contributed by atoms with Crippen molar-refractivity contribution in [2.45, 2.75) is 23.6 Å². The van der Waals surface area contributed by atoms with E-state index in [1.807, 2.05) is 0 Å². The van der Waals surface area contributed by atoms with E-state index in [1.54, 1.807) is 13.0 Å².